The number of fused-ring (bicyclic) bond motifs is 1. The Labute approximate surface area is 161 Å². The largest absolute Gasteiger partial charge is 0.505 e. The van der Waals surface area contributed by atoms with Gasteiger partial charge in [0.15, 0.2) is 11.2 Å². The molecule has 9 heteroatoms. The van der Waals surface area contributed by atoms with E-state index < -0.39 is 5.91 Å². The Morgan fingerprint density at radius 2 is 2.21 bits per heavy atom. The van der Waals surface area contributed by atoms with E-state index in [9.17, 15) is 9.90 Å². The van der Waals surface area contributed by atoms with Crippen LogP contribution in [-0.4, -0.2) is 50.6 Å². The molecule has 0 spiro atoms. The summed E-state index contributed by atoms with van der Waals surface area (Å²) in [5.74, 6) is 0.232. The van der Waals surface area contributed by atoms with Gasteiger partial charge >= 0.3 is 0 Å². The van der Waals surface area contributed by atoms with E-state index in [0.717, 1.165) is 31.6 Å². The third-order valence-electron chi connectivity index (χ3n) is 4.72. The van der Waals surface area contributed by atoms with E-state index in [1.54, 1.807) is 23.9 Å². The number of hydrogen-bond donors (Lipinski definition) is 2. The number of carbonyl (C=O) groups is 1. The van der Waals surface area contributed by atoms with Crippen LogP contribution < -0.4 is 10.1 Å². The first-order chi connectivity index (χ1) is 13.6. The molecule has 0 unspecified atom stereocenters. The highest BCUT2D eigenvalue weighted by atomic mass is 16.5. The van der Waals surface area contributed by atoms with Crippen molar-refractivity contribution in [3.8, 4) is 11.6 Å². The highest BCUT2D eigenvalue weighted by Crippen LogP contribution is 2.26. The van der Waals surface area contributed by atoms with Crippen LogP contribution in [0.1, 0.15) is 23.3 Å². The molecule has 4 rings (SSSR count). The zero-order valence-electron chi connectivity index (χ0n) is 15.5. The fraction of sp³-hybridized carbons (Fsp3) is 0.368. The van der Waals surface area contributed by atoms with E-state index in [1.807, 2.05) is 0 Å². The summed E-state index contributed by atoms with van der Waals surface area (Å²) < 4.78 is 12.9. The number of aromatic nitrogens is 4. The van der Waals surface area contributed by atoms with Gasteiger partial charge in [-0.25, -0.2) is 9.97 Å². The van der Waals surface area contributed by atoms with E-state index in [4.69, 9.17) is 9.47 Å². The number of carbonyl (C=O) groups excluding carboxylic acids is 1. The van der Waals surface area contributed by atoms with Crippen LogP contribution in [-0.2, 0) is 11.8 Å². The van der Waals surface area contributed by atoms with Crippen LogP contribution in [0.2, 0.25) is 0 Å². The van der Waals surface area contributed by atoms with E-state index in [0.29, 0.717) is 29.6 Å². The number of amides is 1. The van der Waals surface area contributed by atoms with Crippen molar-refractivity contribution >= 4 is 22.6 Å². The van der Waals surface area contributed by atoms with Crippen LogP contribution in [0.4, 0.5) is 5.69 Å². The molecule has 146 valence electrons. The molecule has 1 fully saturated rings. The van der Waals surface area contributed by atoms with Crippen molar-refractivity contribution in [3.05, 3.63) is 36.3 Å². The number of aryl methyl sites for hydroxylation is 1. The molecule has 3 aromatic rings. The van der Waals surface area contributed by atoms with Crippen LogP contribution in [0.15, 0.2) is 30.6 Å². The van der Waals surface area contributed by atoms with Crippen molar-refractivity contribution in [3.63, 3.8) is 0 Å². The summed E-state index contributed by atoms with van der Waals surface area (Å²) in [5.41, 5.74) is 1.79. The van der Waals surface area contributed by atoms with Crippen molar-refractivity contribution in [2.45, 2.75) is 12.8 Å². The molecule has 4 heterocycles. The minimum atomic E-state index is -0.516. The van der Waals surface area contributed by atoms with Crippen molar-refractivity contribution in [2.24, 2.45) is 13.0 Å². The summed E-state index contributed by atoms with van der Waals surface area (Å²) in [6, 6.07) is 4.72. The number of aromatic hydroxyl groups is 1. The molecule has 1 saturated heterocycles. The number of anilines is 1. The molecule has 3 aromatic heterocycles. The first kappa shape index (κ1) is 18.2. The smallest absolute Gasteiger partial charge is 0.278 e. The van der Waals surface area contributed by atoms with E-state index in [2.05, 4.69) is 20.4 Å². The highest BCUT2D eigenvalue weighted by molar-refractivity contribution is 6.05. The average molecular weight is 383 g/mol. The Kier molecular flexibility index (Phi) is 5.07. The zero-order valence-corrected chi connectivity index (χ0v) is 15.5. The molecule has 0 saturated carbocycles. The van der Waals surface area contributed by atoms with E-state index >= 15 is 0 Å². The van der Waals surface area contributed by atoms with Gasteiger partial charge in [0.1, 0.15) is 5.75 Å². The van der Waals surface area contributed by atoms with Crippen LogP contribution >= 0.6 is 0 Å². The lowest BCUT2D eigenvalue weighted by Gasteiger charge is -2.21. The Bertz CT molecular complexity index is 997. The molecule has 0 aliphatic carbocycles. The van der Waals surface area contributed by atoms with Gasteiger partial charge in [-0.1, -0.05) is 0 Å². The monoisotopic (exact) mass is 383 g/mol. The fourth-order valence-corrected chi connectivity index (χ4v) is 3.14. The van der Waals surface area contributed by atoms with Gasteiger partial charge in [0.2, 0.25) is 0 Å². The number of pyridine rings is 2. The quantitative estimate of drug-likeness (QED) is 0.694. The number of ether oxygens (including phenoxy) is 2. The van der Waals surface area contributed by atoms with E-state index in [-0.39, 0.29) is 11.4 Å². The van der Waals surface area contributed by atoms with Gasteiger partial charge in [0.05, 0.1) is 24.0 Å². The van der Waals surface area contributed by atoms with Crippen molar-refractivity contribution in [1.82, 2.24) is 19.7 Å². The number of nitrogens with zero attached hydrogens (tertiary/aromatic N) is 4. The maximum Gasteiger partial charge on any atom is 0.278 e. The second-order valence-electron chi connectivity index (χ2n) is 6.71. The normalized spacial score (nSPS) is 14.9. The average Bonchev–Trinajstić information content (AvgIpc) is 3.03. The maximum atomic E-state index is 12.3. The van der Waals surface area contributed by atoms with Gasteiger partial charge in [-0.3, -0.25) is 9.48 Å². The summed E-state index contributed by atoms with van der Waals surface area (Å²) in [4.78, 5) is 20.6. The standard InChI is InChI=1S/C19H21N5O4/c1-24-14-9-13(22-18(26)17-15(25)3-2-6-20-17)10-21-16(14)19(23-24)28-11-12-4-7-27-8-5-12/h2-3,6,9-10,12,25H,4-5,7-8,11H2,1H3,(H,22,26). The molecular weight excluding hydrogens is 362 g/mol. The summed E-state index contributed by atoms with van der Waals surface area (Å²) in [7, 11) is 1.79. The SMILES string of the molecule is Cn1nc(OCC2CCOCC2)c2ncc(NC(=O)c3ncccc3O)cc21. The molecule has 9 nitrogen and oxygen atoms in total. The van der Waals surface area contributed by atoms with Gasteiger partial charge in [0, 0.05) is 26.5 Å². The van der Waals surface area contributed by atoms with E-state index in [1.165, 1.54) is 18.5 Å². The van der Waals surface area contributed by atoms with Crippen LogP contribution in [0.3, 0.4) is 0 Å². The van der Waals surface area contributed by atoms with Gasteiger partial charge in [-0.2, -0.15) is 0 Å². The predicted molar refractivity (Wildman–Crippen MR) is 101 cm³/mol. The summed E-state index contributed by atoms with van der Waals surface area (Å²) in [6.07, 6.45) is 4.94. The summed E-state index contributed by atoms with van der Waals surface area (Å²) >= 11 is 0. The molecule has 0 bridgehead atoms. The van der Waals surface area contributed by atoms with Gasteiger partial charge in [0.25, 0.3) is 11.8 Å². The van der Waals surface area contributed by atoms with Crippen molar-refractivity contribution < 1.29 is 19.4 Å². The van der Waals surface area contributed by atoms with Crippen molar-refractivity contribution in [2.75, 3.05) is 25.1 Å². The lowest BCUT2D eigenvalue weighted by atomic mass is 10.0. The maximum absolute atomic E-state index is 12.3. The van der Waals surface area contributed by atoms with Gasteiger partial charge in [-0.05, 0) is 37.0 Å². The Balaban J connectivity index is 1.50. The topological polar surface area (TPSA) is 111 Å². The highest BCUT2D eigenvalue weighted by Gasteiger charge is 2.18. The number of rotatable bonds is 5. The second kappa shape index (κ2) is 7.81. The minimum absolute atomic E-state index is 0.0481. The first-order valence-corrected chi connectivity index (χ1v) is 9.10. The molecule has 1 aliphatic heterocycles. The number of hydrogen-bond acceptors (Lipinski definition) is 7. The summed E-state index contributed by atoms with van der Waals surface area (Å²) in [6.45, 7) is 2.11. The Hall–Kier alpha value is -3.20. The van der Waals surface area contributed by atoms with Gasteiger partial charge < -0.3 is 19.9 Å². The van der Waals surface area contributed by atoms with Crippen LogP contribution in [0, 0.1) is 5.92 Å². The van der Waals surface area contributed by atoms with Gasteiger partial charge in [-0.15, -0.1) is 5.10 Å². The molecule has 0 aromatic carbocycles. The first-order valence-electron chi connectivity index (χ1n) is 9.10. The fourth-order valence-electron chi connectivity index (χ4n) is 3.14. The third-order valence-corrected chi connectivity index (χ3v) is 4.72. The van der Waals surface area contributed by atoms with Crippen molar-refractivity contribution in [1.29, 1.82) is 0 Å². The Morgan fingerprint density at radius 1 is 1.39 bits per heavy atom. The molecule has 1 amide bonds. The third kappa shape index (κ3) is 3.74. The summed E-state index contributed by atoms with van der Waals surface area (Å²) in [5, 5.41) is 16.9. The molecule has 0 atom stereocenters. The van der Waals surface area contributed by atoms with Crippen LogP contribution in [0.25, 0.3) is 11.0 Å². The second-order valence-corrected chi connectivity index (χ2v) is 6.71. The minimum Gasteiger partial charge on any atom is -0.505 e. The molecular formula is C19H21N5O4. The molecule has 2 N–H and O–H groups in total. The lowest BCUT2D eigenvalue weighted by molar-refractivity contribution is 0.0491. The predicted octanol–water partition coefficient (Wildman–Crippen LogP) is 2.13. The lowest BCUT2D eigenvalue weighted by Crippen LogP contribution is -2.21. The molecule has 1 aliphatic rings. The van der Waals surface area contributed by atoms with Crippen LogP contribution in [0.5, 0.6) is 11.6 Å². The molecule has 28 heavy (non-hydrogen) atoms. The molecule has 0 radical (unpaired) electrons. The Morgan fingerprint density at radius 3 is 3.00 bits per heavy atom. The number of nitrogens with one attached hydrogen (secondary N) is 1. The zero-order chi connectivity index (χ0) is 19.5.